The molecule has 5 heteroatoms. The van der Waals surface area contributed by atoms with Gasteiger partial charge in [-0.2, -0.15) is 0 Å². The first kappa shape index (κ1) is 13.3. The van der Waals surface area contributed by atoms with Gasteiger partial charge in [-0.3, -0.25) is 4.98 Å². The summed E-state index contributed by atoms with van der Waals surface area (Å²) in [6.07, 6.45) is 8.65. The number of hydrogen-bond acceptors (Lipinski definition) is 4. The zero-order chi connectivity index (χ0) is 13.8. The Hall–Kier alpha value is -1.72. The van der Waals surface area contributed by atoms with Crippen LogP contribution >= 0.6 is 0 Å². The number of pyridine rings is 1. The van der Waals surface area contributed by atoms with E-state index in [0.717, 1.165) is 31.9 Å². The maximum Gasteiger partial charge on any atom is 0.137 e. The van der Waals surface area contributed by atoms with Gasteiger partial charge in [-0.1, -0.05) is 0 Å². The van der Waals surface area contributed by atoms with Crippen LogP contribution in [0.1, 0.15) is 23.9 Å². The van der Waals surface area contributed by atoms with Gasteiger partial charge < -0.3 is 14.6 Å². The zero-order valence-electron chi connectivity index (χ0n) is 11.7. The summed E-state index contributed by atoms with van der Waals surface area (Å²) < 4.78 is 7.91. The summed E-state index contributed by atoms with van der Waals surface area (Å²) in [6.45, 7) is 2.63. The van der Waals surface area contributed by atoms with Crippen molar-refractivity contribution in [2.75, 3.05) is 13.2 Å². The second-order valence-corrected chi connectivity index (χ2v) is 5.22. The largest absolute Gasteiger partial charge is 0.370 e. The minimum Gasteiger partial charge on any atom is -0.370 e. The number of imidazole rings is 1. The number of rotatable bonds is 5. The highest BCUT2D eigenvalue weighted by atomic mass is 16.5. The number of aryl methyl sites for hydroxylation is 1. The van der Waals surface area contributed by atoms with Crippen LogP contribution in [0.4, 0.5) is 0 Å². The molecule has 3 heterocycles. The second kappa shape index (κ2) is 6.15. The summed E-state index contributed by atoms with van der Waals surface area (Å²) in [5.41, 5.74) is 1.26. The average Bonchev–Trinajstić information content (AvgIpc) is 3.08. The molecule has 1 aliphatic rings. The van der Waals surface area contributed by atoms with Crippen molar-refractivity contribution in [3.05, 3.63) is 48.3 Å². The summed E-state index contributed by atoms with van der Waals surface area (Å²) in [7, 11) is 2.02. The highest BCUT2D eigenvalue weighted by Crippen LogP contribution is 2.32. The van der Waals surface area contributed by atoms with E-state index in [9.17, 15) is 0 Å². The van der Waals surface area contributed by atoms with Crippen molar-refractivity contribution in [2.45, 2.75) is 19.1 Å². The first-order chi connectivity index (χ1) is 9.84. The fourth-order valence-corrected chi connectivity index (χ4v) is 2.68. The maximum atomic E-state index is 5.86. The van der Waals surface area contributed by atoms with Crippen LogP contribution in [-0.2, 0) is 18.3 Å². The van der Waals surface area contributed by atoms with Crippen LogP contribution in [0.15, 0.2) is 36.9 Å². The monoisotopic (exact) mass is 272 g/mol. The second-order valence-electron chi connectivity index (χ2n) is 5.22. The van der Waals surface area contributed by atoms with Crippen molar-refractivity contribution in [2.24, 2.45) is 13.0 Å². The number of ether oxygens (including phenoxy) is 1. The molecule has 0 amide bonds. The number of nitrogens with zero attached hydrogens (tertiary/aromatic N) is 3. The third kappa shape index (κ3) is 2.89. The van der Waals surface area contributed by atoms with E-state index in [1.807, 2.05) is 48.5 Å². The Morgan fingerprint density at radius 1 is 1.35 bits per heavy atom. The Bertz CT molecular complexity index is 540. The molecule has 1 saturated heterocycles. The standard InChI is InChI=1S/C15H20N4O/c1-19-8-7-18-15(19)14-13(4-9-20-14)11-17-10-12-2-5-16-6-3-12/h2-3,5-8,13-14,17H,4,9-11H2,1H3/t13-,14+/m0/s1. The molecule has 2 aromatic rings. The predicted octanol–water partition coefficient (Wildman–Crippen LogP) is 1.68. The van der Waals surface area contributed by atoms with Gasteiger partial charge in [0, 0.05) is 57.4 Å². The van der Waals surface area contributed by atoms with Crippen molar-refractivity contribution < 1.29 is 4.74 Å². The zero-order valence-corrected chi connectivity index (χ0v) is 11.7. The first-order valence-electron chi connectivity index (χ1n) is 7.03. The topological polar surface area (TPSA) is 52.0 Å². The fourth-order valence-electron chi connectivity index (χ4n) is 2.68. The van der Waals surface area contributed by atoms with E-state index in [1.54, 1.807) is 0 Å². The van der Waals surface area contributed by atoms with Crippen LogP contribution in [-0.4, -0.2) is 27.7 Å². The quantitative estimate of drug-likeness (QED) is 0.900. The summed E-state index contributed by atoms with van der Waals surface area (Å²) in [4.78, 5) is 8.44. The third-order valence-electron chi connectivity index (χ3n) is 3.81. The van der Waals surface area contributed by atoms with Gasteiger partial charge in [-0.15, -0.1) is 0 Å². The highest BCUT2D eigenvalue weighted by Gasteiger charge is 2.31. The molecule has 0 radical (unpaired) electrons. The van der Waals surface area contributed by atoms with Crippen molar-refractivity contribution in [1.29, 1.82) is 0 Å². The van der Waals surface area contributed by atoms with Crippen molar-refractivity contribution in [1.82, 2.24) is 19.9 Å². The molecule has 1 aliphatic heterocycles. The Morgan fingerprint density at radius 2 is 2.20 bits per heavy atom. The van der Waals surface area contributed by atoms with Crippen LogP contribution in [0.25, 0.3) is 0 Å². The van der Waals surface area contributed by atoms with Crippen LogP contribution in [0.5, 0.6) is 0 Å². The summed E-state index contributed by atoms with van der Waals surface area (Å²) in [5.74, 6) is 1.51. The van der Waals surface area contributed by atoms with E-state index in [0.29, 0.717) is 5.92 Å². The molecule has 20 heavy (non-hydrogen) atoms. The lowest BCUT2D eigenvalue weighted by Gasteiger charge is -2.18. The number of aromatic nitrogens is 3. The van der Waals surface area contributed by atoms with Crippen molar-refractivity contribution in [3.63, 3.8) is 0 Å². The van der Waals surface area contributed by atoms with E-state index >= 15 is 0 Å². The fraction of sp³-hybridized carbons (Fsp3) is 0.467. The molecular weight excluding hydrogens is 252 g/mol. The summed E-state index contributed by atoms with van der Waals surface area (Å²) in [5, 5.41) is 3.51. The lowest BCUT2D eigenvalue weighted by atomic mass is 10.0. The van der Waals surface area contributed by atoms with Gasteiger partial charge in [0.1, 0.15) is 11.9 Å². The SMILES string of the molecule is Cn1ccnc1[C@@H]1OCC[C@H]1CNCc1ccncc1. The molecule has 1 N–H and O–H groups in total. The van der Waals surface area contributed by atoms with E-state index in [4.69, 9.17) is 4.74 Å². The normalized spacial score (nSPS) is 22.2. The van der Waals surface area contributed by atoms with Crippen LogP contribution < -0.4 is 5.32 Å². The van der Waals surface area contributed by atoms with Gasteiger partial charge in [-0.05, 0) is 24.1 Å². The van der Waals surface area contributed by atoms with E-state index < -0.39 is 0 Å². The Morgan fingerprint density at radius 3 is 2.95 bits per heavy atom. The van der Waals surface area contributed by atoms with Crippen molar-refractivity contribution >= 4 is 0 Å². The van der Waals surface area contributed by atoms with Gasteiger partial charge >= 0.3 is 0 Å². The first-order valence-corrected chi connectivity index (χ1v) is 7.03. The molecule has 0 aromatic carbocycles. The van der Waals surface area contributed by atoms with E-state index in [-0.39, 0.29) is 6.10 Å². The van der Waals surface area contributed by atoms with Crippen LogP contribution in [0.3, 0.4) is 0 Å². The minimum absolute atomic E-state index is 0.111. The Kier molecular flexibility index (Phi) is 4.08. The number of hydrogen-bond donors (Lipinski definition) is 1. The van der Waals surface area contributed by atoms with Gasteiger partial charge in [0.25, 0.3) is 0 Å². The predicted molar refractivity (Wildman–Crippen MR) is 76.0 cm³/mol. The molecule has 0 spiro atoms. The Labute approximate surface area is 119 Å². The lowest BCUT2D eigenvalue weighted by Crippen LogP contribution is -2.25. The molecule has 5 nitrogen and oxygen atoms in total. The van der Waals surface area contributed by atoms with Gasteiger partial charge in [0.2, 0.25) is 0 Å². The molecule has 0 bridgehead atoms. The molecule has 0 unspecified atom stereocenters. The lowest BCUT2D eigenvalue weighted by molar-refractivity contribution is 0.0811. The Balaban J connectivity index is 1.56. The van der Waals surface area contributed by atoms with Gasteiger partial charge in [0.15, 0.2) is 0 Å². The molecule has 2 atom stereocenters. The molecule has 0 aliphatic carbocycles. The molecule has 3 rings (SSSR count). The molecule has 1 fully saturated rings. The molecule has 2 aromatic heterocycles. The number of nitrogens with one attached hydrogen (secondary N) is 1. The summed E-state index contributed by atoms with van der Waals surface area (Å²) >= 11 is 0. The molecule has 106 valence electrons. The van der Waals surface area contributed by atoms with Crippen molar-refractivity contribution in [3.8, 4) is 0 Å². The molecular formula is C15H20N4O. The van der Waals surface area contributed by atoms with Crippen LogP contribution in [0.2, 0.25) is 0 Å². The molecule has 0 saturated carbocycles. The highest BCUT2D eigenvalue weighted by molar-refractivity contribution is 5.09. The van der Waals surface area contributed by atoms with Crippen LogP contribution in [0, 0.1) is 5.92 Å². The van der Waals surface area contributed by atoms with E-state index in [1.165, 1.54) is 5.56 Å². The smallest absolute Gasteiger partial charge is 0.137 e. The van der Waals surface area contributed by atoms with Gasteiger partial charge in [0.05, 0.1) is 0 Å². The maximum absolute atomic E-state index is 5.86. The summed E-state index contributed by atoms with van der Waals surface area (Å²) in [6, 6.07) is 4.07. The van der Waals surface area contributed by atoms with Gasteiger partial charge in [-0.25, -0.2) is 4.98 Å². The minimum atomic E-state index is 0.111. The van der Waals surface area contributed by atoms with E-state index in [2.05, 4.69) is 15.3 Å². The third-order valence-corrected chi connectivity index (χ3v) is 3.81. The average molecular weight is 272 g/mol.